The molecular formula is C24H29FN4O3. The Morgan fingerprint density at radius 1 is 1.03 bits per heavy atom. The molecule has 0 unspecified atom stereocenters. The summed E-state index contributed by atoms with van der Waals surface area (Å²) in [5, 5.41) is 8.43. The lowest BCUT2D eigenvalue weighted by Gasteiger charge is -2.31. The highest BCUT2D eigenvalue weighted by Gasteiger charge is 2.27. The molecule has 0 saturated carbocycles. The van der Waals surface area contributed by atoms with E-state index in [-0.39, 0.29) is 42.2 Å². The minimum Gasteiger partial charge on any atom is -0.354 e. The van der Waals surface area contributed by atoms with Crippen molar-refractivity contribution >= 4 is 23.5 Å². The standard InChI is InChI=1S/C24H29FN4O3/c1-16(2)27-23(31)18-11-13-29(14-12-18)24(32)28-20-9-7-17(8-10-20)22(30)26-15-19-5-3-4-6-21(19)25/h3-10,16,18H,11-15H2,1-2H3,(H,26,30)(H,27,31)(H,28,32). The monoisotopic (exact) mass is 440 g/mol. The zero-order valence-corrected chi connectivity index (χ0v) is 18.4. The van der Waals surface area contributed by atoms with Crippen LogP contribution in [0.2, 0.25) is 0 Å². The number of nitrogens with one attached hydrogen (secondary N) is 3. The first-order valence-electron chi connectivity index (χ1n) is 10.8. The van der Waals surface area contributed by atoms with E-state index in [9.17, 15) is 18.8 Å². The van der Waals surface area contributed by atoms with Crippen molar-refractivity contribution in [3.63, 3.8) is 0 Å². The third kappa shape index (κ3) is 6.29. The summed E-state index contributed by atoms with van der Waals surface area (Å²) in [5.41, 5.74) is 1.40. The fourth-order valence-electron chi connectivity index (χ4n) is 3.57. The number of urea groups is 1. The molecule has 2 aromatic carbocycles. The zero-order chi connectivity index (χ0) is 23.1. The molecule has 7 nitrogen and oxygen atoms in total. The number of hydrogen-bond donors (Lipinski definition) is 3. The summed E-state index contributed by atoms with van der Waals surface area (Å²) in [6, 6.07) is 12.7. The minimum atomic E-state index is -0.365. The van der Waals surface area contributed by atoms with E-state index in [0.29, 0.717) is 42.7 Å². The Morgan fingerprint density at radius 3 is 2.31 bits per heavy atom. The molecule has 1 aliphatic rings. The summed E-state index contributed by atoms with van der Waals surface area (Å²) in [7, 11) is 0. The summed E-state index contributed by atoms with van der Waals surface area (Å²) in [6.07, 6.45) is 1.26. The van der Waals surface area contributed by atoms with Crippen LogP contribution in [-0.2, 0) is 11.3 Å². The molecule has 0 atom stereocenters. The predicted molar refractivity (Wildman–Crippen MR) is 121 cm³/mol. The predicted octanol–water partition coefficient (Wildman–Crippen LogP) is 3.52. The molecule has 0 radical (unpaired) electrons. The van der Waals surface area contributed by atoms with Crippen LogP contribution in [0.5, 0.6) is 0 Å². The van der Waals surface area contributed by atoms with Crippen molar-refractivity contribution in [1.82, 2.24) is 15.5 Å². The number of hydrogen-bond acceptors (Lipinski definition) is 3. The average Bonchev–Trinajstić information content (AvgIpc) is 2.78. The maximum Gasteiger partial charge on any atom is 0.321 e. The van der Waals surface area contributed by atoms with Crippen LogP contribution in [-0.4, -0.2) is 41.9 Å². The lowest BCUT2D eigenvalue weighted by Crippen LogP contribution is -2.45. The first kappa shape index (κ1) is 23.2. The molecule has 170 valence electrons. The molecule has 1 aliphatic heterocycles. The van der Waals surface area contributed by atoms with Crippen molar-refractivity contribution in [3.05, 3.63) is 65.5 Å². The Balaban J connectivity index is 1.47. The van der Waals surface area contributed by atoms with E-state index < -0.39 is 0 Å². The van der Waals surface area contributed by atoms with E-state index in [0.717, 1.165) is 0 Å². The highest BCUT2D eigenvalue weighted by molar-refractivity contribution is 5.95. The van der Waals surface area contributed by atoms with Crippen molar-refractivity contribution in [1.29, 1.82) is 0 Å². The van der Waals surface area contributed by atoms with Gasteiger partial charge in [0.05, 0.1) is 0 Å². The van der Waals surface area contributed by atoms with Crippen LogP contribution in [0.1, 0.15) is 42.6 Å². The average molecular weight is 441 g/mol. The molecule has 4 amide bonds. The number of rotatable bonds is 6. The molecule has 2 aromatic rings. The number of carbonyl (C=O) groups excluding carboxylic acids is 3. The largest absolute Gasteiger partial charge is 0.354 e. The van der Waals surface area contributed by atoms with Crippen LogP contribution in [0, 0.1) is 11.7 Å². The number of halogens is 1. The molecular weight excluding hydrogens is 411 g/mol. The molecule has 1 heterocycles. The third-order valence-electron chi connectivity index (χ3n) is 5.38. The zero-order valence-electron chi connectivity index (χ0n) is 18.4. The van der Waals surface area contributed by atoms with Gasteiger partial charge in [0.1, 0.15) is 5.82 Å². The summed E-state index contributed by atoms with van der Waals surface area (Å²) in [5.74, 6) is -0.712. The van der Waals surface area contributed by atoms with E-state index in [1.807, 2.05) is 13.8 Å². The molecule has 1 fully saturated rings. The van der Waals surface area contributed by atoms with Gasteiger partial charge >= 0.3 is 6.03 Å². The fraction of sp³-hybridized carbons (Fsp3) is 0.375. The lowest BCUT2D eigenvalue weighted by atomic mass is 9.96. The normalized spacial score (nSPS) is 14.2. The Morgan fingerprint density at radius 2 is 1.69 bits per heavy atom. The topological polar surface area (TPSA) is 90.5 Å². The number of piperidine rings is 1. The Hall–Kier alpha value is -3.42. The van der Waals surface area contributed by atoms with Crippen molar-refractivity contribution < 1.29 is 18.8 Å². The second-order valence-electron chi connectivity index (χ2n) is 8.21. The summed E-state index contributed by atoms with van der Waals surface area (Å²) < 4.78 is 13.7. The van der Waals surface area contributed by atoms with Gasteiger partial charge < -0.3 is 20.9 Å². The van der Waals surface area contributed by atoms with Crippen LogP contribution in [0.25, 0.3) is 0 Å². The van der Waals surface area contributed by atoms with Crippen molar-refractivity contribution in [3.8, 4) is 0 Å². The number of amides is 4. The van der Waals surface area contributed by atoms with Gasteiger partial charge in [-0.1, -0.05) is 18.2 Å². The van der Waals surface area contributed by atoms with Gasteiger partial charge in [-0.3, -0.25) is 9.59 Å². The van der Waals surface area contributed by atoms with Gasteiger partial charge in [-0.2, -0.15) is 0 Å². The minimum absolute atomic E-state index is 0.0453. The van der Waals surface area contributed by atoms with E-state index in [1.165, 1.54) is 6.07 Å². The van der Waals surface area contributed by atoms with E-state index >= 15 is 0 Å². The van der Waals surface area contributed by atoms with Gasteiger partial charge in [0.25, 0.3) is 5.91 Å². The van der Waals surface area contributed by atoms with Crippen LogP contribution < -0.4 is 16.0 Å². The number of benzene rings is 2. The molecule has 8 heteroatoms. The van der Waals surface area contributed by atoms with Crippen LogP contribution in [0.4, 0.5) is 14.9 Å². The molecule has 0 aliphatic carbocycles. The number of carbonyl (C=O) groups is 3. The maximum atomic E-state index is 13.7. The van der Waals surface area contributed by atoms with Gasteiger partial charge in [0.2, 0.25) is 5.91 Å². The molecule has 32 heavy (non-hydrogen) atoms. The maximum absolute atomic E-state index is 13.7. The molecule has 3 N–H and O–H groups in total. The van der Waals surface area contributed by atoms with Gasteiger partial charge in [0.15, 0.2) is 0 Å². The van der Waals surface area contributed by atoms with Crippen LogP contribution in [0.15, 0.2) is 48.5 Å². The Bertz CT molecular complexity index is 954. The smallest absolute Gasteiger partial charge is 0.321 e. The first-order valence-corrected chi connectivity index (χ1v) is 10.8. The summed E-state index contributed by atoms with van der Waals surface area (Å²) in [6.45, 7) is 4.98. The highest BCUT2D eigenvalue weighted by Crippen LogP contribution is 2.19. The van der Waals surface area contributed by atoms with Crippen molar-refractivity contribution in [2.75, 3.05) is 18.4 Å². The molecule has 0 aromatic heterocycles. The quantitative estimate of drug-likeness (QED) is 0.642. The number of nitrogens with zero attached hydrogens (tertiary/aromatic N) is 1. The van der Waals surface area contributed by atoms with E-state index in [4.69, 9.17) is 0 Å². The van der Waals surface area contributed by atoms with Gasteiger partial charge in [0, 0.05) is 48.4 Å². The lowest BCUT2D eigenvalue weighted by molar-refractivity contribution is -0.126. The van der Waals surface area contributed by atoms with Gasteiger partial charge in [-0.15, -0.1) is 0 Å². The summed E-state index contributed by atoms with van der Waals surface area (Å²) >= 11 is 0. The van der Waals surface area contributed by atoms with E-state index in [1.54, 1.807) is 47.4 Å². The van der Waals surface area contributed by atoms with Crippen molar-refractivity contribution in [2.24, 2.45) is 5.92 Å². The van der Waals surface area contributed by atoms with Crippen LogP contribution in [0.3, 0.4) is 0 Å². The highest BCUT2D eigenvalue weighted by atomic mass is 19.1. The van der Waals surface area contributed by atoms with E-state index in [2.05, 4.69) is 16.0 Å². The van der Waals surface area contributed by atoms with Gasteiger partial charge in [-0.05, 0) is 57.0 Å². The Kier molecular flexibility index (Phi) is 7.81. The molecule has 3 rings (SSSR count). The fourth-order valence-corrected chi connectivity index (χ4v) is 3.57. The molecule has 1 saturated heterocycles. The van der Waals surface area contributed by atoms with Crippen molar-refractivity contribution in [2.45, 2.75) is 39.3 Å². The third-order valence-corrected chi connectivity index (χ3v) is 5.38. The summed E-state index contributed by atoms with van der Waals surface area (Å²) in [4.78, 5) is 38.6. The van der Waals surface area contributed by atoms with Crippen LogP contribution >= 0.6 is 0 Å². The van der Waals surface area contributed by atoms with Gasteiger partial charge in [-0.25, -0.2) is 9.18 Å². The number of likely N-dealkylation sites (tertiary alicyclic amines) is 1. The second-order valence-corrected chi connectivity index (χ2v) is 8.21. The Labute approximate surface area is 187 Å². The first-order chi connectivity index (χ1) is 15.3. The molecule has 0 spiro atoms. The second kappa shape index (κ2) is 10.7. The number of anilines is 1. The molecule has 0 bridgehead atoms. The SMILES string of the molecule is CC(C)NC(=O)C1CCN(C(=O)Nc2ccc(C(=O)NCc3ccccc3F)cc2)CC1.